The van der Waals surface area contributed by atoms with Crippen LogP contribution in [0.1, 0.15) is 98.3 Å². The van der Waals surface area contributed by atoms with Crippen LogP contribution in [0, 0.1) is 28.6 Å². The molecule has 218 valence electrons. The predicted octanol–water partition coefficient (Wildman–Crippen LogP) is 3.95. The SMILES string of the molecule is CCCC[C@@H](NC(=O)[C@@H](C)NC(=O)CO/N=C1\C=C2CC[C@H]3[C@@H]4CC[C@@H](O)[C@@]4(C)CC[C@@H]3[C@@]2(C)CC1)C(=O)O. The lowest BCUT2D eigenvalue weighted by atomic mass is 9.47. The summed E-state index contributed by atoms with van der Waals surface area (Å²) in [6, 6.07) is -1.86. The van der Waals surface area contributed by atoms with E-state index in [1.165, 1.54) is 18.9 Å². The van der Waals surface area contributed by atoms with E-state index in [-0.39, 0.29) is 23.5 Å². The van der Waals surface area contributed by atoms with Gasteiger partial charge in [-0.15, -0.1) is 0 Å². The number of carbonyl (C=O) groups excluding carboxylic acids is 2. The number of nitrogens with zero attached hydrogens (tertiary/aromatic N) is 1. The van der Waals surface area contributed by atoms with Gasteiger partial charge in [-0.25, -0.2) is 4.79 Å². The third kappa shape index (κ3) is 6.03. The second kappa shape index (κ2) is 12.0. The van der Waals surface area contributed by atoms with Crippen molar-refractivity contribution in [2.24, 2.45) is 33.7 Å². The highest BCUT2D eigenvalue weighted by Crippen LogP contribution is 2.65. The number of fused-ring (bicyclic) bond motifs is 5. The fourth-order valence-corrected chi connectivity index (χ4v) is 8.10. The molecule has 0 heterocycles. The highest BCUT2D eigenvalue weighted by atomic mass is 16.6. The number of nitrogens with one attached hydrogen (secondary N) is 2. The Kier molecular flexibility index (Phi) is 9.08. The fourth-order valence-electron chi connectivity index (χ4n) is 8.10. The maximum atomic E-state index is 12.4. The number of carboxylic acids is 1. The average Bonchev–Trinajstić information content (AvgIpc) is 3.20. The number of aliphatic hydroxyl groups excluding tert-OH is 1. The largest absolute Gasteiger partial charge is 0.480 e. The Balaban J connectivity index is 1.28. The summed E-state index contributed by atoms with van der Waals surface area (Å²) in [7, 11) is 0. The van der Waals surface area contributed by atoms with E-state index in [1.54, 1.807) is 0 Å². The molecule has 0 unspecified atom stereocenters. The maximum Gasteiger partial charge on any atom is 0.326 e. The zero-order valence-electron chi connectivity index (χ0n) is 24.0. The van der Waals surface area contributed by atoms with Gasteiger partial charge in [-0.1, -0.05) is 44.3 Å². The molecule has 39 heavy (non-hydrogen) atoms. The normalized spacial score (nSPS) is 36.0. The van der Waals surface area contributed by atoms with E-state index in [9.17, 15) is 24.6 Å². The summed E-state index contributed by atoms with van der Waals surface area (Å²) in [5.41, 5.74) is 2.52. The van der Waals surface area contributed by atoms with Crippen molar-refractivity contribution in [3.05, 3.63) is 11.6 Å². The Morgan fingerprint density at radius 2 is 1.87 bits per heavy atom. The number of carbonyl (C=O) groups is 3. The van der Waals surface area contributed by atoms with Gasteiger partial charge in [0, 0.05) is 0 Å². The summed E-state index contributed by atoms with van der Waals surface area (Å²) in [4.78, 5) is 41.4. The molecule has 4 aliphatic rings. The number of carboxylic acid groups (broad SMARTS) is 1. The highest BCUT2D eigenvalue weighted by molar-refractivity contribution is 5.96. The summed E-state index contributed by atoms with van der Waals surface area (Å²) < 4.78 is 0. The van der Waals surface area contributed by atoms with Gasteiger partial charge in [0.05, 0.1) is 11.8 Å². The minimum Gasteiger partial charge on any atom is -0.480 e. The summed E-state index contributed by atoms with van der Waals surface area (Å²) in [6.45, 7) is 7.88. The van der Waals surface area contributed by atoms with Gasteiger partial charge in [-0.05, 0) is 99.4 Å². The van der Waals surface area contributed by atoms with Crippen LogP contribution in [0.5, 0.6) is 0 Å². The Labute approximate surface area is 232 Å². The third-order valence-electron chi connectivity index (χ3n) is 10.5. The van der Waals surface area contributed by atoms with Crippen LogP contribution >= 0.6 is 0 Å². The van der Waals surface area contributed by atoms with Crippen LogP contribution in [0.2, 0.25) is 0 Å². The molecule has 8 atom stereocenters. The Hall–Kier alpha value is -2.42. The monoisotopic (exact) mass is 545 g/mol. The van der Waals surface area contributed by atoms with Crippen LogP contribution in [0.15, 0.2) is 16.8 Å². The molecule has 3 saturated carbocycles. The van der Waals surface area contributed by atoms with Gasteiger partial charge in [0.25, 0.3) is 5.91 Å². The molecule has 0 aliphatic heterocycles. The number of allylic oxidation sites excluding steroid dienone is 2. The van der Waals surface area contributed by atoms with Gasteiger partial charge in [-0.2, -0.15) is 0 Å². The van der Waals surface area contributed by atoms with Crippen LogP contribution in [-0.4, -0.2) is 58.5 Å². The second-order valence-electron chi connectivity index (χ2n) is 12.8. The lowest BCUT2D eigenvalue weighted by molar-refractivity contribution is -0.142. The molecule has 0 bridgehead atoms. The Bertz CT molecular complexity index is 1010. The molecule has 4 aliphatic carbocycles. The molecule has 3 fully saturated rings. The first-order valence-corrected chi connectivity index (χ1v) is 14.9. The van der Waals surface area contributed by atoms with E-state index >= 15 is 0 Å². The minimum atomic E-state index is -1.08. The van der Waals surface area contributed by atoms with E-state index in [0.717, 1.165) is 57.1 Å². The Morgan fingerprint density at radius 3 is 2.59 bits per heavy atom. The van der Waals surface area contributed by atoms with Gasteiger partial charge < -0.3 is 25.7 Å². The summed E-state index contributed by atoms with van der Waals surface area (Å²) in [6.07, 6.45) is 12.3. The van der Waals surface area contributed by atoms with E-state index < -0.39 is 29.9 Å². The average molecular weight is 546 g/mol. The van der Waals surface area contributed by atoms with Crippen molar-refractivity contribution in [3.63, 3.8) is 0 Å². The van der Waals surface area contributed by atoms with Crippen LogP contribution in [-0.2, 0) is 19.2 Å². The lowest BCUT2D eigenvalue weighted by Crippen LogP contribution is -2.51. The van der Waals surface area contributed by atoms with E-state index in [4.69, 9.17) is 4.84 Å². The van der Waals surface area contributed by atoms with Gasteiger partial charge in [0.15, 0.2) is 6.61 Å². The zero-order valence-corrected chi connectivity index (χ0v) is 24.0. The number of unbranched alkanes of at least 4 members (excludes halogenated alkanes) is 1. The molecular weight excluding hydrogens is 498 g/mol. The van der Waals surface area contributed by atoms with Crippen molar-refractivity contribution in [3.8, 4) is 0 Å². The van der Waals surface area contributed by atoms with Crippen LogP contribution in [0.3, 0.4) is 0 Å². The minimum absolute atomic E-state index is 0.0830. The number of aliphatic hydroxyl groups is 1. The first kappa shape index (κ1) is 29.6. The molecular formula is C30H47N3O6. The third-order valence-corrected chi connectivity index (χ3v) is 10.5. The molecule has 0 aromatic heterocycles. The molecule has 2 amide bonds. The number of hydrogen-bond donors (Lipinski definition) is 4. The van der Waals surface area contributed by atoms with Gasteiger partial charge in [-0.3, -0.25) is 9.59 Å². The van der Waals surface area contributed by atoms with Crippen molar-refractivity contribution in [2.45, 2.75) is 117 Å². The lowest BCUT2D eigenvalue weighted by Gasteiger charge is -2.57. The molecule has 4 N–H and O–H groups in total. The first-order valence-electron chi connectivity index (χ1n) is 14.9. The Morgan fingerprint density at radius 1 is 1.10 bits per heavy atom. The standard InChI is InChI=1S/C30H47N3O6/c1-5-6-7-24(28(37)38)32-27(36)18(2)31-26(35)17-39-33-20-12-14-29(3)19(16-20)8-9-21-22-10-11-25(34)30(22,4)15-13-23(21)29/h16,18,21-25,34H,5-15,17H2,1-4H3,(H,31,35)(H,32,36)(H,37,38)/b33-20-/t18-,21+,22+,23+,24-,25-,29+,30+/m1/s1. The van der Waals surface area contributed by atoms with E-state index in [0.29, 0.717) is 30.6 Å². The van der Waals surface area contributed by atoms with Crippen molar-refractivity contribution < 1.29 is 29.4 Å². The van der Waals surface area contributed by atoms with E-state index in [1.807, 2.05) is 6.92 Å². The van der Waals surface area contributed by atoms with Gasteiger partial charge in [0.1, 0.15) is 12.1 Å². The molecule has 9 nitrogen and oxygen atoms in total. The molecule has 0 aromatic carbocycles. The van der Waals surface area contributed by atoms with Crippen molar-refractivity contribution >= 4 is 23.5 Å². The highest BCUT2D eigenvalue weighted by Gasteiger charge is 2.58. The molecule has 0 radical (unpaired) electrons. The number of hydrogen-bond acceptors (Lipinski definition) is 6. The number of rotatable bonds is 10. The number of aliphatic carboxylic acids is 1. The number of oxime groups is 1. The molecule has 0 saturated heterocycles. The second-order valence-corrected chi connectivity index (χ2v) is 12.8. The number of amides is 2. The quantitative estimate of drug-likeness (QED) is 0.307. The fraction of sp³-hybridized carbons (Fsp3) is 0.800. The van der Waals surface area contributed by atoms with Crippen molar-refractivity contribution in [1.82, 2.24) is 10.6 Å². The predicted molar refractivity (Wildman–Crippen MR) is 148 cm³/mol. The van der Waals surface area contributed by atoms with Crippen molar-refractivity contribution in [2.75, 3.05) is 6.61 Å². The molecule has 9 heteroatoms. The van der Waals surface area contributed by atoms with Gasteiger partial charge >= 0.3 is 5.97 Å². The smallest absolute Gasteiger partial charge is 0.326 e. The maximum absolute atomic E-state index is 12.4. The summed E-state index contributed by atoms with van der Waals surface area (Å²) in [5, 5.41) is 29.3. The molecule has 0 spiro atoms. The summed E-state index contributed by atoms with van der Waals surface area (Å²) >= 11 is 0. The molecule has 0 aromatic rings. The first-order chi connectivity index (χ1) is 18.5. The molecule has 4 rings (SSSR count). The van der Waals surface area contributed by atoms with Crippen LogP contribution in [0.25, 0.3) is 0 Å². The van der Waals surface area contributed by atoms with Gasteiger partial charge in [0.2, 0.25) is 5.91 Å². The zero-order chi connectivity index (χ0) is 28.4. The van der Waals surface area contributed by atoms with Crippen molar-refractivity contribution in [1.29, 1.82) is 0 Å². The van der Waals surface area contributed by atoms with Crippen LogP contribution < -0.4 is 10.6 Å². The topological polar surface area (TPSA) is 137 Å². The van der Waals surface area contributed by atoms with E-state index in [2.05, 4.69) is 35.7 Å². The summed E-state index contributed by atoms with van der Waals surface area (Å²) in [5.74, 6) is -0.166. The van der Waals surface area contributed by atoms with Crippen LogP contribution in [0.4, 0.5) is 0 Å².